The van der Waals surface area contributed by atoms with E-state index in [-0.39, 0.29) is 24.0 Å². The molecule has 0 aliphatic carbocycles. The fraction of sp³-hybridized carbons (Fsp3) is 0.429. The second kappa shape index (κ2) is 6.33. The molecule has 1 aromatic carbocycles. The van der Waals surface area contributed by atoms with Gasteiger partial charge in [-0.3, -0.25) is 4.79 Å². The molecular formula is C14H17NO4. The van der Waals surface area contributed by atoms with Crippen LogP contribution in [0.25, 0.3) is 0 Å². The van der Waals surface area contributed by atoms with Gasteiger partial charge in [-0.05, 0) is 24.5 Å². The van der Waals surface area contributed by atoms with Gasteiger partial charge in [0, 0.05) is 13.2 Å². The van der Waals surface area contributed by atoms with Crippen molar-refractivity contribution in [1.29, 1.82) is 0 Å². The van der Waals surface area contributed by atoms with Gasteiger partial charge in [0.2, 0.25) is 5.91 Å². The summed E-state index contributed by atoms with van der Waals surface area (Å²) in [5.74, 6) is -1.19. The number of aromatic carboxylic acids is 1. The third kappa shape index (κ3) is 3.79. The molecule has 1 fully saturated rings. The van der Waals surface area contributed by atoms with Crippen LogP contribution in [0.3, 0.4) is 0 Å². The van der Waals surface area contributed by atoms with Crippen LogP contribution < -0.4 is 5.32 Å². The fourth-order valence-electron chi connectivity index (χ4n) is 2.15. The maximum Gasteiger partial charge on any atom is 0.335 e. The minimum absolute atomic E-state index is 0.0786. The molecule has 1 aliphatic rings. The Morgan fingerprint density at radius 3 is 2.84 bits per heavy atom. The molecule has 2 N–H and O–H groups in total. The van der Waals surface area contributed by atoms with Crippen LogP contribution in [0.5, 0.6) is 0 Å². The largest absolute Gasteiger partial charge is 0.478 e. The molecule has 1 unspecified atom stereocenters. The standard InChI is InChI=1S/C14H17NO4/c16-13(15-9-11-5-3-7-19-11)8-10-4-1-2-6-12(10)14(17)18/h1-2,4,6,11H,3,5,7-9H2,(H,15,16)(H,17,18). The number of hydrogen-bond donors (Lipinski definition) is 2. The summed E-state index contributed by atoms with van der Waals surface area (Å²) in [6.07, 6.45) is 2.17. The molecule has 0 spiro atoms. The predicted molar refractivity (Wildman–Crippen MR) is 69.1 cm³/mol. The van der Waals surface area contributed by atoms with Crippen LogP contribution in [-0.2, 0) is 16.0 Å². The van der Waals surface area contributed by atoms with E-state index in [0.717, 1.165) is 19.4 Å². The van der Waals surface area contributed by atoms with Gasteiger partial charge in [-0.1, -0.05) is 18.2 Å². The number of rotatable bonds is 5. The fourth-order valence-corrected chi connectivity index (χ4v) is 2.15. The van der Waals surface area contributed by atoms with E-state index in [1.807, 2.05) is 0 Å². The molecule has 0 saturated carbocycles. The first-order chi connectivity index (χ1) is 9.16. The molecule has 19 heavy (non-hydrogen) atoms. The average molecular weight is 263 g/mol. The minimum atomic E-state index is -1.01. The van der Waals surface area contributed by atoms with Crippen LogP contribution in [-0.4, -0.2) is 36.2 Å². The summed E-state index contributed by atoms with van der Waals surface area (Å²) in [4.78, 5) is 22.8. The van der Waals surface area contributed by atoms with E-state index < -0.39 is 5.97 Å². The van der Waals surface area contributed by atoms with Gasteiger partial charge >= 0.3 is 5.97 Å². The third-order valence-corrected chi connectivity index (χ3v) is 3.15. The molecule has 0 bridgehead atoms. The summed E-state index contributed by atoms with van der Waals surface area (Å²) in [6.45, 7) is 1.25. The monoisotopic (exact) mass is 263 g/mol. The van der Waals surface area contributed by atoms with E-state index in [1.165, 1.54) is 6.07 Å². The summed E-state index contributed by atoms with van der Waals surface area (Å²) >= 11 is 0. The number of nitrogens with one attached hydrogen (secondary N) is 1. The molecule has 1 atom stereocenters. The Bertz CT molecular complexity index is 466. The van der Waals surface area contributed by atoms with Crippen LogP contribution in [0.2, 0.25) is 0 Å². The van der Waals surface area contributed by atoms with Crippen LogP contribution >= 0.6 is 0 Å². The molecule has 0 aromatic heterocycles. The number of carboxylic acid groups (broad SMARTS) is 1. The number of ether oxygens (including phenoxy) is 1. The highest BCUT2D eigenvalue weighted by Gasteiger charge is 2.17. The zero-order valence-corrected chi connectivity index (χ0v) is 10.6. The first-order valence-electron chi connectivity index (χ1n) is 6.36. The van der Waals surface area contributed by atoms with E-state index >= 15 is 0 Å². The Morgan fingerprint density at radius 1 is 1.37 bits per heavy atom. The van der Waals surface area contributed by atoms with E-state index in [1.54, 1.807) is 18.2 Å². The van der Waals surface area contributed by atoms with Gasteiger partial charge in [-0.2, -0.15) is 0 Å². The van der Waals surface area contributed by atoms with E-state index in [4.69, 9.17) is 9.84 Å². The highest BCUT2D eigenvalue weighted by molar-refractivity contribution is 5.91. The van der Waals surface area contributed by atoms with Gasteiger partial charge in [0.15, 0.2) is 0 Å². The van der Waals surface area contributed by atoms with Crippen molar-refractivity contribution in [3.8, 4) is 0 Å². The van der Waals surface area contributed by atoms with Crippen molar-refractivity contribution >= 4 is 11.9 Å². The van der Waals surface area contributed by atoms with Crippen molar-refractivity contribution in [2.24, 2.45) is 0 Å². The Kier molecular flexibility index (Phi) is 4.52. The van der Waals surface area contributed by atoms with Gasteiger partial charge in [-0.15, -0.1) is 0 Å². The Labute approximate surface area is 111 Å². The van der Waals surface area contributed by atoms with Crippen molar-refractivity contribution in [1.82, 2.24) is 5.32 Å². The molecule has 1 aromatic rings. The molecule has 2 rings (SSSR count). The number of amides is 1. The molecule has 0 radical (unpaired) electrons. The Hall–Kier alpha value is -1.88. The van der Waals surface area contributed by atoms with Crippen molar-refractivity contribution in [3.05, 3.63) is 35.4 Å². The predicted octanol–water partition coefficient (Wildman–Crippen LogP) is 1.22. The zero-order chi connectivity index (χ0) is 13.7. The lowest BCUT2D eigenvalue weighted by atomic mass is 10.0. The number of carboxylic acids is 1. The van der Waals surface area contributed by atoms with Crippen LogP contribution in [0, 0.1) is 0 Å². The smallest absolute Gasteiger partial charge is 0.335 e. The van der Waals surface area contributed by atoms with Crippen molar-refractivity contribution in [3.63, 3.8) is 0 Å². The lowest BCUT2D eigenvalue weighted by molar-refractivity contribution is -0.120. The quantitative estimate of drug-likeness (QED) is 0.837. The molecule has 1 saturated heterocycles. The van der Waals surface area contributed by atoms with Crippen LogP contribution in [0.15, 0.2) is 24.3 Å². The van der Waals surface area contributed by atoms with E-state index in [9.17, 15) is 9.59 Å². The third-order valence-electron chi connectivity index (χ3n) is 3.15. The second-order valence-electron chi connectivity index (χ2n) is 4.58. The maximum atomic E-state index is 11.8. The maximum absolute atomic E-state index is 11.8. The van der Waals surface area contributed by atoms with Gasteiger partial charge < -0.3 is 15.2 Å². The van der Waals surface area contributed by atoms with Gasteiger partial charge in [0.05, 0.1) is 18.1 Å². The number of carbonyl (C=O) groups is 2. The summed E-state index contributed by atoms with van der Waals surface area (Å²) in [7, 11) is 0. The van der Waals surface area contributed by atoms with Gasteiger partial charge in [0.25, 0.3) is 0 Å². The first kappa shape index (κ1) is 13.5. The molecule has 1 aliphatic heterocycles. The number of benzene rings is 1. The first-order valence-corrected chi connectivity index (χ1v) is 6.36. The van der Waals surface area contributed by atoms with Crippen LogP contribution in [0.4, 0.5) is 0 Å². The zero-order valence-electron chi connectivity index (χ0n) is 10.6. The van der Waals surface area contributed by atoms with Crippen molar-refractivity contribution in [2.75, 3.05) is 13.2 Å². The summed E-state index contributed by atoms with van der Waals surface area (Å²) in [5, 5.41) is 11.8. The highest BCUT2D eigenvalue weighted by atomic mass is 16.5. The average Bonchev–Trinajstić information content (AvgIpc) is 2.90. The molecule has 5 heteroatoms. The lowest BCUT2D eigenvalue weighted by Crippen LogP contribution is -2.33. The summed E-state index contributed by atoms with van der Waals surface area (Å²) in [5.41, 5.74) is 0.703. The van der Waals surface area contributed by atoms with Crippen molar-refractivity contribution < 1.29 is 19.4 Å². The number of hydrogen-bond acceptors (Lipinski definition) is 3. The molecule has 102 valence electrons. The Balaban J connectivity index is 1.89. The molecule has 1 amide bonds. The SMILES string of the molecule is O=C(Cc1ccccc1C(=O)O)NCC1CCCO1. The molecule has 1 heterocycles. The van der Waals surface area contributed by atoms with Crippen LogP contribution in [0.1, 0.15) is 28.8 Å². The van der Waals surface area contributed by atoms with Crippen molar-refractivity contribution in [2.45, 2.75) is 25.4 Å². The summed E-state index contributed by atoms with van der Waals surface area (Å²) in [6, 6.07) is 6.55. The lowest BCUT2D eigenvalue weighted by Gasteiger charge is -2.11. The molecular weight excluding hydrogens is 246 g/mol. The number of carbonyl (C=O) groups excluding carboxylic acids is 1. The normalized spacial score (nSPS) is 18.2. The van der Waals surface area contributed by atoms with Gasteiger partial charge in [0.1, 0.15) is 0 Å². The van der Waals surface area contributed by atoms with E-state index in [2.05, 4.69) is 5.32 Å². The minimum Gasteiger partial charge on any atom is -0.478 e. The van der Waals surface area contributed by atoms with Gasteiger partial charge in [-0.25, -0.2) is 4.79 Å². The van der Waals surface area contributed by atoms with E-state index in [0.29, 0.717) is 12.1 Å². The topological polar surface area (TPSA) is 75.6 Å². The summed E-state index contributed by atoms with van der Waals surface area (Å²) < 4.78 is 5.41. The Morgan fingerprint density at radius 2 is 2.16 bits per heavy atom. The second-order valence-corrected chi connectivity index (χ2v) is 4.58. The highest BCUT2D eigenvalue weighted by Crippen LogP contribution is 2.12. The molecule has 5 nitrogen and oxygen atoms in total.